The van der Waals surface area contributed by atoms with E-state index in [0.29, 0.717) is 23.9 Å². The molecule has 1 aromatic heterocycles. The molecule has 6 heteroatoms. The number of hydrogen-bond acceptors (Lipinski definition) is 4. The van der Waals surface area contributed by atoms with E-state index in [1.54, 1.807) is 0 Å². The minimum Gasteiger partial charge on any atom is -0.340 e. The second kappa shape index (κ2) is 5.37. The fraction of sp³-hybridized carbons (Fsp3) is 0.529. The highest BCUT2D eigenvalue weighted by molar-refractivity contribution is 5.21. The van der Waals surface area contributed by atoms with E-state index in [2.05, 4.69) is 15.0 Å². The van der Waals surface area contributed by atoms with Crippen LogP contribution in [0.3, 0.4) is 0 Å². The van der Waals surface area contributed by atoms with Gasteiger partial charge in [0, 0.05) is 24.9 Å². The van der Waals surface area contributed by atoms with Crippen molar-refractivity contribution in [3.8, 4) is 0 Å². The molecule has 1 unspecified atom stereocenters. The van der Waals surface area contributed by atoms with Crippen LogP contribution >= 0.6 is 0 Å². The Morgan fingerprint density at radius 3 is 2.78 bits per heavy atom. The van der Waals surface area contributed by atoms with Gasteiger partial charge >= 0.3 is 0 Å². The van der Waals surface area contributed by atoms with E-state index >= 15 is 0 Å². The normalized spacial score (nSPS) is 23.3. The van der Waals surface area contributed by atoms with E-state index in [0.717, 1.165) is 44.2 Å². The maximum atomic E-state index is 13.8. The number of rotatable bonds is 3. The van der Waals surface area contributed by atoms with Crippen molar-refractivity contribution in [3.05, 3.63) is 47.1 Å². The Labute approximate surface area is 133 Å². The standard InChI is InChI=1S/C17H19F2N3O/c1-11-20-16(21-23-11)14-9-17(14)4-6-22(7-5-17)10-12-8-13(18)2-3-15(12)19/h2-3,8,14H,4-7,9-10H2,1H3. The van der Waals surface area contributed by atoms with Crippen LogP contribution in [0.1, 0.15) is 42.5 Å². The summed E-state index contributed by atoms with van der Waals surface area (Å²) in [5.41, 5.74) is 0.718. The van der Waals surface area contributed by atoms with E-state index in [-0.39, 0.29) is 17.0 Å². The topological polar surface area (TPSA) is 42.2 Å². The van der Waals surface area contributed by atoms with Crippen LogP contribution in [-0.4, -0.2) is 28.1 Å². The van der Waals surface area contributed by atoms with E-state index in [1.807, 2.05) is 6.92 Å². The molecule has 2 fully saturated rings. The first-order valence-corrected chi connectivity index (χ1v) is 8.02. The molecule has 1 aliphatic heterocycles. The molecule has 122 valence electrons. The summed E-state index contributed by atoms with van der Waals surface area (Å²) in [6.45, 7) is 4.06. The van der Waals surface area contributed by atoms with Gasteiger partial charge in [-0.1, -0.05) is 5.16 Å². The Morgan fingerprint density at radius 2 is 2.09 bits per heavy atom. The van der Waals surface area contributed by atoms with Gasteiger partial charge < -0.3 is 4.52 Å². The van der Waals surface area contributed by atoms with Crippen LogP contribution in [-0.2, 0) is 6.54 Å². The van der Waals surface area contributed by atoms with Gasteiger partial charge in [0.15, 0.2) is 5.82 Å². The average Bonchev–Trinajstić information content (AvgIpc) is 3.05. The summed E-state index contributed by atoms with van der Waals surface area (Å²) in [4.78, 5) is 6.54. The molecule has 0 bridgehead atoms. The molecule has 1 saturated carbocycles. The Bertz CT molecular complexity index is 722. The lowest BCUT2D eigenvalue weighted by Gasteiger charge is -2.32. The van der Waals surface area contributed by atoms with E-state index < -0.39 is 0 Å². The zero-order valence-electron chi connectivity index (χ0n) is 13.1. The molecular formula is C17H19F2N3O. The van der Waals surface area contributed by atoms with Gasteiger partial charge in [0.2, 0.25) is 5.89 Å². The first kappa shape index (κ1) is 14.8. The first-order chi connectivity index (χ1) is 11.1. The van der Waals surface area contributed by atoms with Gasteiger partial charge in [-0.05, 0) is 56.0 Å². The molecule has 0 radical (unpaired) electrons. The number of halogens is 2. The summed E-state index contributed by atoms with van der Waals surface area (Å²) in [6, 6.07) is 3.65. The summed E-state index contributed by atoms with van der Waals surface area (Å²) < 4.78 is 32.1. The highest BCUT2D eigenvalue weighted by Crippen LogP contribution is 2.64. The Balaban J connectivity index is 1.38. The number of likely N-dealkylation sites (tertiary alicyclic amines) is 1. The van der Waals surface area contributed by atoms with Gasteiger partial charge in [-0.15, -0.1) is 0 Å². The van der Waals surface area contributed by atoms with Crippen LogP contribution in [0.4, 0.5) is 8.78 Å². The number of hydrogen-bond donors (Lipinski definition) is 0. The Morgan fingerprint density at radius 1 is 1.30 bits per heavy atom. The highest BCUT2D eigenvalue weighted by atomic mass is 19.1. The van der Waals surface area contributed by atoms with E-state index in [9.17, 15) is 8.78 Å². The molecule has 2 heterocycles. The predicted molar refractivity (Wildman–Crippen MR) is 79.7 cm³/mol. The van der Waals surface area contributed by atoms with Crippen LogP contribution < -0.4 is 0 Å². The lowest BCUT2D eigenvalue weighted by molar-refractivity contribution is 0.160. The van der Waals surface area contributed by atoms with E-state index in [1.165, 1.54) is 12.1 Å². The van der Waals surface area contributed by atoms with Gasteiger partial charge in [-0.25, -0.2) is 8.78 Å². The molecule has 1 saturated heterocycles. The van der Waals surface area contributed by atoms with E-state index in [4.69, 9.17) is 4.52 Å². The zero-order valence-corrected chi connectivity index (χ0v) is 13.1. The fourth-order valence-corrected chi connectivity index (χ4v) is 3.78. The summed E-state index contributed by atoms with van der Waals surface area (Å²) in [5, 5.41) is 4.04. The smallest absolute Gasteiger partial charge is 0.223 e. The largest absolute Gasteiger partial charge is 0.340 e. The summed E-state index contributed by atoms with van der Waals surface area (Å²) in [7, 11) is 0. The van der Waals surface area contributed by atoms with Crippen LogP contribution in [0, 0.1) is 24.0 Å². The van der Waals surface area contributed by atoms with Gasteiger partial charge in [0.1, 0.15) is 11.6 Å². The molecule has 0 N–H and O–H groups in total. The quantitative estimate of drug-likeness (QED) is 0.869. The van der Waals surface area contributed by atoms with Crippen molar-refractivity contribution in [2.75, 3.05) is 13.1 Å². The minimum absolute atomic E-state index is 0.285. The average molecular weight is 319 g/mol. The molecule has 1 atom stereocenters. The number of aryl methyl sites for hydroxylation is 1. The van der Waals surface area contributed by atoms with Crippen molar-refractivity contribution >= 4 is 0 Å². The molecular weight excluding hydrogens is 300 g/mol. The number of benzene rings is 1. The molecule has 0 amide bonds. The predicted octanol–water partition coefficient (Wildman–Crippen LogP) is 3.43. The second-order valence-corrected chi connectivity index (χ2v) is 6.80. The molecule has 1 aliphatic carbocycles. The Hall–Kier alpha value is -1.82. The SMILES string of the molecule is Cc1nc(C2CC23CCN(Cc2cc(F)ccc2F)CC3)no1. The van der Waals surface area contributed by atoms with Gasteiger partial charge in [0.05, 0.1) is 0 Å². The molecule has 2 aliphatic rings. The third kappa shape index (κ3) is 2.76. The third-order valence-electron chi connectivity index (χ3n) is 5.30. The molecule has 4 rings (SSSR count). The lowest BCUT2D eigenvalue weighted by atomic mass is 9.90. The highest BCUT2D eigenvalue weighted by Gasteiger charge is 2.57. The van der Waals surface area contributed by atoms with Crippen molar-refractivity contribution in [1.82, 2.24) is 15.0 Å². The minimum atomic E-state index is -0.385. The first-order valence-electron chi connectivity index (χ1n) is 8.02. The number of nitrogens with zero attached hydrogens (tertiary/aromatic N) is 3. The maximum Gasteiger partial charge on any atom is 0.223 e. The zero-order chi connectivity index (χ0) is 16.0. The van der Waals surface area contributed by atoms with Crippen molar-refractivity contribution in [1.29, 1.82) is 0 Å². The summed E-state index contributed by atoms with van der Waals surface area (Å²) >= 11 is 0. The van der Waals surface area contributed by atoms with Gasteiger partial charge in [0.25, 0.3) is 0 Å². The van der Waals surface area contributed by atoms with Crippen LogP contribution in [0.2, 0.25) is 0 Å². The van der Waals surface area contributed by atoms with Crippen molar-refractivity contribution in [3.63, 3.8) is 0 Å². The van der Waals surface area contributed by atoms with Crippen LogP contribution in [0.25, 0.3) is 0 Å². The third-order valence-corrected chi connectivity index (χ3v) is 5.30. The Kier molecular flexibility index (Phi) is 3.44. The molecule has 4 nitrogen and oxygen atoms in total. The summed E-state index contributed by atoms with van der Waals surface area (Å²) in [6.07, 6.45) is 3.19. The molecule has 2 aromatic rings. The van der Waals surface area contributed by atoms with Gasteiger partial charge in [-0.3, -0.25) is 4.90 Å². The number of aromatic nitrogens is 2. The van der Waals surface area contributed by atoms with Crippen molar-refractivity contribution in [2.24, 2.45) is 5.41 Å². The lowest BCUT2D eigenvalue weighted by Crippen LogP contribution is -2.34. The molecule has 1 aromatic carbocycles. The van der Waals surface area contributed by atoms with Gasteiger partial charge in [-0.2, -0.15) is 4.98 Å². The van der Waals surface area contributed by atoms with Crippen molar-refractivity contribution < 1.29 is 13.3 Å². The fourth-order valence-electron chi connectivity index (χ4n) is 3.78. The second-order valence-electron chi connectivity index (χ2n) is 6.80. The number of piperidine rings is 1. The van der Waals surface area contributed by atoms with Crippen molar-refractivity contribution in [2.45, 2.75) is 38.6 Å². The van der Waals surface area contributed by atoms with Crippen LogP contribution in [0.15, 0.2) is 22.7 Å². The monoisotopic (exact) mass is 319 g/mol. The van der Waals surface area contributed by atoms with Crippen LogP contribution in [0.5, 0.6) is 0 Å². The summed E-state index contributed by atoms with van der Waals surface area (Å²) in [5.74, 6) is 1.11. The maximum absolute atomic E-state index is 13.8. The molecule has 23 heavy (non-hydrogen) atoms. The molecule has 1 spiro atoms.